The highest BCUT2D eigenvalue weighted by Crippen LogP contribution is 2.23. The molecule has 0 saturated carbocycles. The first-order chi connectivity index (χ1) is 9.24. The summed E-state index contributed by atoms with van der Waals surface area (Å²) in [6.07, 6.45) is 6.73. The Morgan fingerprint density at radius 2 is 1.95 bits per heavy atom. The molecule has 1 heterocycles. The van der Waals surface area contributed by atoms with Crippen LogP contribution in [-0.2, 0) is 0 Å². The molecular weight excluding hydrogens is 240 g/mol. The number of anilines is 1. The number of nitrogens with zero attached hydrogens (tertiary/aromatic N) is 3. The lowest BCUT2D eigenvalue weighted by Gasteiger charge is -2.24. The lowest BCUT2D eigenvalue weighted by atomic mass is 10.3. The van der Waals surface area contributed by atoms with Crippen molar-refractivity contribution in [1.82, 2.24) is 9.97 Å². The van der Waals surface area contributed by atoms with Gasteiger partial charge < -0.3 is 15.4 Å². The Hall–Kier alpha value is -1.36. The maximum atomic E-state index is 5.60. The Bertz CT molecular complexity index is 320. The van der Waals surface area contributed by atoms with Crippen molar-refractivity contribution in [2.45, 2.75) is 40.0 Å². The zero-order chi connectivity index (χ0) is 14.5. The maximum absolute atomic E-state index is 5.60. The fraction of sp³-hybridized carbons (Fsp3) is 0.714. The van der Waals surface area contributed by atoms with E-state index in [2.05, 4.69) is 35.6 Å². The summed E-state index contributed by atoms with van der Waals surface area (Å²) in [6, 6.07) is 0. The van der Waals surface area contributed by atoms with Crippen LogP contribution < -0.4 is 15.4 Å². The van der Waals surface area contributed by atoms with Crippen LogP contribution in [0.5, 0.6) is 5.75 Å². The number of hydrogen-bond acceptors (Lipinski definition) is 5. The molecule has 5 nitrogen and oxygen atoms in total. The molecule has 1 rings (SSSR count). The highest BCUT2D eigenvalue weighted by atomic mass is 16.5. The van der Waals surface area contributed by atoms with Gasteiger partial charge in [-0.05, 0) is 6.42 Å². The van der Waals surface area contributed by atoms with Crippen molar-refractivity contribution in [3.63, 3.8) is 0 Å². The standard InChI is InChI=1S/C11H20N4O.C3H8/c1-3-4-6-15(7-5-12)11-10(16-2)8-13-9-14-11;1-3-2/h8-9H,3-7,12H2,1-2H3;3H2,1-2H3. The summed E-state index contributed by atoms with van der Waals surface area (Å²) >= 11 is 0. The maximum Gasteiger partial charge on any atom is 0.179 e. The van der Waals surface area contributed by atoms with Crippen molar-refractivity contribution < 1.29 is 4.74 Å². The molecule has 1 aromatic heterocycles. The molecule has 0 saturated heterocycles. The summed E-state index contributed by atoms with van der Waals surface area (Å²) in [5, 5.41) is 0. The molecule has 2 N–H and O–H groups in total. The average molecular weight is 268 g/mol. The summed E-state index contributed by atoms with van der Waals surface area (Å²) in [7, 11) is 1.63. The molecule has 0 bridgehead atoms. The molecule has 0 amide bonds. The van der Waals surface area contributed by atoms with Crippen LogP contribution in [0.2, 0.25) is 0 Å². The molecule has 110 valence electrons. The first kappa shape index (κ1) is 17.6. The summed E-state index contributed by atoms with van der Waals surface area (Å²) in [6.45, 7) is 8.75. The van der Waals surface area contributed by atoms with Gasteiger partial charge in [-0.25, -0.2) is 9.97 Å². The molecule has 0 aliphatic carbocycles. The third kappa shape index (κ3) is 6.96. The van der Waals surface area contributed by atoms with E-state index in [0.29, 0.717) is 12.3 Å². The Morgan fingerprint density at radius 3 is 2.47 bits per heavy atom. The van der Waals surface area contributed by atoms with Crippen molar-refractivity contribution in [2.24, 2.45) is 5.73 Å². The van der Waals surface area contributed by atoms with Crippen molar-refractivity contribution >= 4 is 5.82 Å². The molecule has 0 aliphatic rings. The molecule has 0 spiro atoms. The SMILES string of the molecule is CCC.CCCCN(CCN)c1ncncc1OC. The van der Waals surface area contributed by atoms with Crippen LogP contribution in [0.1, 0.15) is 40.0 Å². The minimum absolute atomic E-state index is 0.608. The number of nitrogens with two attached hydrogens (primary N) is 1. The van der Waals surface area contributed by atoms with Gasteiger partial charge in [0.1, 0.15) is 6.33 Å². The molecule has 0 radical (unpaired) electrons. The number of aromatic nitrogens is 2. The van der Waals surface area contributed by atoms with E-state index in [4.69, 9.17) is 10.5 Å². The molecule has 0 aromatic carbocycles. The predicted molar refractivity (Wildman–Crippen MR) is 80.7 cm³/mol. The molecule has 19 heavy (non-hydrogen) atoms. The van der Waals surface area contributed by atoms with Gasteiger partial charge in [-0.15, -0.1) is 0 Å². The topological polar surface area (TPSA) is 64.3 Å². The number of unbranched alkanes of at least 4 members (excludes halogenated alkanes) is 1. The van der Waals surface area contributed by atoms with E-state index in [-0.39, 0.29) is 0 Å². The van der Waals surface area contributed by atoms with Gasteiger partial charge in [0, 0.05) is 19.6 Å². The van der Waals surface area contributed by atoms with Crippen LogP contribution in [0.15, 0.2) is 12.5 Å². The van der Waals surface area contributed by atoms with Gasteiger partial charge in [-0.3, -0.25) is 0 Å². The molecule has 5 heteroatoms. The molecule has 1 aromatic rings. The van der Waals surface area contributed by atoms with E-state index in [9.17, 15) is 0 Å². The quantitative estimate of drug-likeness (QED) is 0.823. The van der Waals surface area contributed by atoms with Gasteiger partial charge in [-0.1, -0.05) is 33.6 Å². The Kier molecular flexibility index (Phi) is 10.9. The van der Waals surface area contributed by atoms with Gasteiger partial charge in [0.2, 0.25) is 0 Å². The highest BCUT2D eigenvalue weighted by Gasteiger charge is 2.12. The Balaban J connectivity index is 0.000000982. The summed E-state index contributed by atoms with van der Waals surface area (Å²) < 4.78 is 5.25. The van der Waals surface area contributed by atoms with Crippen LogP contribution in [0.3, 0.4) is 0 Å². The van der Waals surface area contributed by atoms with E-state index >= 15 is 0 Å². The Morgan fingerprint density at radius 1 is 1.26 bits per heavy atom. The monoisotopic (exact) mass is 268 g/mol. The molecule has 0 aliphatic heterocycles. The molecular formula is C14H28N4O. The first-order valence-electron chi connectivity index (χ1n) is 7.03. The smallest absolute Gasteiger partial charge is 0.179 e. The summed E-state index contributed by atoms with van der Waals surface area (Å²) in [5.41, 5.74) is 5.60. The van der Waals surface area contributed by atoms with Crippen molar-refractivity contribution in [3.05, 3.63) is 12.5 Å². The van der Waals surface area contributed by atoms with Crippen LogP contribution >= 0.6 is 0 Å². The number of rotatable bonds is 7. The number of hydrogen-bond donors (Lipinski definition) is 1. The number of ether oxygens (including phenoxy) is 1. The van der Waals surface area contributed by atoms with E-state index in [1.165, 1.54) is 12.7 Å². The third-order valence-electron chi connectivity index (χ3n) is 2.36. The van der Waals surface area contributed by atoms with Gasteiger partial charge in [0.05, 0.1) is 13.3 Å². The minimum atomic E-state index is 0.608. The zero-order valence-electron chi connectivity index (χ0n) is 12.7. The van der Waals surface area contributed by atoms with Crippen LogP contribution in [0, 0.1) is 0 Å². The van der Waals surface area contributed by atoms with Gasteiger partial charge in [0.25, 0.3) is 0 Å². The molecule has 0 atom stereocenters. The predicted octanol–water partition coefficient (Wildman–Crippen LogP) is 2.47. The van der Waals surface area contributed by atoms with Gasteiger partial charge >= 0.3 is 0 Å². The summed E-state index contributed by atoms with van der Waals surface area (Å²) in [4.78, 5) is 10.3. The third-order valence-corrected chi connectivity index (χ3v) is 2.36. The van der Waals surface area contributed by atoms with E-state index in [1.54, 1.807) is 13.3 Å². The average Bonchev–Trinajstić information content (AvgIpc) is 2.44. The normalized spacial score (nSPS) is 9.53. The van der Waals surface area contributed by atoms with E-state index < -0.39 is 0 Å². The lowest BCUT2D eigenvalue weighted by Crippen LogP contribution is -2.31. The second kappa shape index (κ2) is 11.7. The first-order valence-corrected chi connectivity index (χ1v) is 7.03. The largest absolute Gasteiger partial charge is 0.491 e. The van der Waals surface area contributed by atoms with Crippen LogP contribution in [0.25, 0.3) is 0 Å². The van der Waals surface area contributed by atoms with Crippen LogP contribution in [-0.4, -0.2) is 36.7 Å². The van der Waals surface area contributed by atoms with Crippen LogP contribution in [0.4, 0.5) is 5.82 Å². The zero-order valence-corrected chi connectivity index (χ0v) is 12.7. The van der Waals surface area contributed by atoms with Crippen molar-refractivity contribution in [2.75, 3.05) is 31.6 Å². The van der Waals surface area contributed by atoms with Crippen molar-refractivity contribution in [3.8, 4) is 5.75 Å². The Labute approximate surface area is 117 Å². The molecule has 0 fully saturated rings. The summed E-state index contributed by atoms with van der Waals surface area (Å²) in [5.74, 6) is 1.53. The van der Waals surface area contributed by atoms with Crippen molar-refractivity contribution in [1.29, 1.82) is 0 Å². The van der Waals surface area contributed by atoms with Gasteiger partial charge in [-0.2, -0.15) is 0 Å². The minimum Gasteiger partial charge on any atom is -0.491 e. The van der Waals surface area contributed by atoms with Gasteiger partial charge in [0.15, 0.2) is 11.6 Å². The fourth-order valence-electron chi connectivity index (χ4n) is 1.52. The van der Waals surface area contributed by atoms with E-state index in [0.717, 1.165) is 31.7 Å². The fourth-order valence-corrected chi connectivity index (χ4v) is 1.52. The highest BCUT2D eigenvalue weighted by molar-refractivity contribution is 5.50. The lowest BCUT2D eigenvalue weighted by molar-refractivity contribution is 0.410. The second-order valence-electron chi connectivity index (χ2n) is 4.25. The number of methoxy groups -OCH3 is 1. The molecule has 0 unspecified atom stereocenters. The van der Waals surface area contributed by atoms with E-state index in [1.807, 2.05) is 0 Å². The second-order valence-corrected chi connectivity index (χ2v) is 4.25.